The fraction of sp³-hybridized carbons (Fsp3) is 1.00. The maximum Gasteiger partial charge on any atom is 0.00672 e. The molecule has 0 heterocycles. The van der Waals surface area contributed by atoms with Crippen LogP contribution in [0.2, 0.25) is 0 Å². The van der Waals surface area contributed by atoms with Crippen molar-refractivity contribution in [3.8, 4) is 0 Å². The zero-order valence-electron chi connectivity index (χ0n) is 12.6. The maximum atomic E-state index is 3.89. The quantitative estimate of drug-likeness (QED) is 0.710. The molecule has 2 rings (SSSR count). The van der Waals surface area contributed by atoms with E-state index in [0.29, 0.717) is 0 Å². The van der Waals surface area contributed by atoms with Gasteiger partial charge in [0.05, 0.1) is 0 Å². The molecule has 0 spiro atoms. The third-order valence-corrected chi connectivity index (χ3v) is 5.50. The lowest BCUT2D eigenvalue weighted by Crippen LogP contribution is -2.34. The molecule has 0 aliphatic heterocycles. The standard InChI is InChI=1S/C17H33N/c1-3-15-5-4-6-17(12-11-15)18-13-16-9-7-14(2)8-10-16/h14-18H,3-13H2,1-2H3. The molecule has 0 radical (unpaired) electrons. The summed E-state index contributed by atoms with van der Waals surface area (Å²) in [7, 11) is 0. The van der Waals surface area contributed by atoms with Crippen molar-refractivity contribution >= 4 is 0 Å². The topological polar surface area (TPSA) is 12.0 Å². The van der Waals surface area contributed by atoms with Gasteiger partial charge in [0.1, 0.15) is 0 Å². The minimum atomic E-state index is 0.834. The van der Waals surface area contributed by atoms with Gasteiger partial charge in [0, 0.05) is 6.04 Å². The van der Waals surface area contributed by atoms with Gasteiger partial charge in [-0.3, -0.25) is 0 Å². The Morgan fingerprint density at radius 1 is 0.833 bits per heavy atom. The summed E-state index contributed by atoms with van der Waals surface area (Å²) in [5.74, 6) is 2.99. The highest BCUT2D eigenvalue weighted by Gasteiger charge is 2.21. The van der Waals surface area contributed by atoms with Crippen molar-refractivity contribution in [2.45, 2.75) is 84.1 Å². The SMILES string of the molecule is CCC1CCCC(NCC2CCC(C)CC2)CC1. The highest BCUT2D eigenvalue weighted by Crippen LogP contribution is 2.29. The van der Waals surface area contributed by atoms with Crippen LogP contribution in [0.4, 0.5) is 0 Å². The molecule has 2 fully saturated rings. The van der Waals surface area contributed by atoms with Crippen LogP contribution in [0.15, 0.2) is 0 Å². The van der Waals surface area contributed by atoms with E-state index in [1.807, 2.05) is 0 Å². The Hall–Kier alpha value is -0.0400. The highest BCUT2D eigenvalue weighted by molar-refractivity contribution is 4.77. The van der Waals surface area contributed by atoms with Crippen LogP contribution in [-0.4, -0.2) is 12.6 Å². The summed E-state index contributed by atoms with van der Waals surface area (Å²) in [6.45, 7) is 6.08. The zero-order valence-corrected chi connectivity index (χ0v) is 12.6. The van der Waals surface area contributed by atoms with Crippen LogP contribution in [0.5, 0.6) is 0 Å². The Balaban J connectivity index is 1.64. The Bertz CT molecular complexity index is 218. The molecule has 1 N–H and O–H groups in total. The van der Waals surface area contributed by atoms with E-state index in [0.717, 1.165) is 23.8 Å². The number of hydrogen-bond donors (Lipinski definition) is 1. The Morgan fingerprint density at radius 3 is 2.28 bits per heavy atom. The lowest BCUT2D eigenvalue weighted by Gasteiger charge is -2.28. The lowest BCUT2D eigenvalue weighted by molar-refractivity contribution is 0.270. The highest BCUT2D eigenvalue weighted by atomic mass is 14.9. The van der Waals surface area contributed by atoms with Gasteiger partial charge in [-0.25, -0.2) is 0 Å². The Kier molecular flexibility index (Phi) is 6.01. The van der Waals surface area contributed by atoms with Crippen LogP contribution >= 0.6 is 0 Å². The minimum Gasteiger partial charge on any atom is -0.314 e. The van der Waals surface area contributed by atoms with Crippen molar-refractivity contribution in [3.05, 3.63) is 0 Å². The first-order chi connectivity index (χ1) is 8.78. The molecular weight excluding hydrogens is 218 g/mol. The van der Waals surface area contributed by atoms with Crippen LogP contribution in [0.1, 0.15) is 78.1 Å². The maximum absolute atomic E-state index is 3.89. The van der Waals surface area contributed by atoms with Gasteiger partial charge in [0.2, 0.25) is 0 Å². The second kappa shape index (κ2) is 7.53. The summed E-state index contributed by atoms with van der Waals surface area (Å²) in [5.41, 5.74) is 0. The summed E-state index contributed by atoms with van der Waals surface area (Å²) < 4.78 is 0. The van der Waals surface area contributed by atoms with Gasteiger partial charge in [0.15, 0.2) is 0 Å². The van der Waals surface area contributed by atoms with Gasteiger partial charge in [0.25, 0.3) is 0 Å². The van der Waals surface area contributed by atoms with Crippen LogP contribution in [0.25, 0.3) is 0 Å². The first kappa shape index (κ1) is 14.4. The van der Waals surface area contributed by atoms with E-state index in [-0.39, 0.29) is 0 Å². The van der Waals surface area contributed by atoms with Crippen LogP contribution in [-0.2, 0) is 0 Å². The largest absolute Gasteiger partial charge is 0.314 e. The van der Waals surface area contributed by atoms with E-state index < -0.39 is 0 Å². The molecule has 0 aromatic carbocycles. The average molecular weight is 251 g/mol. The molecule has 0 saturated heterocycles. The molecule has 0 amide bonds. The predicted octanol–water partition coefficient (Wildman–Crippen LogP) is 4.76. The lowest BCUT2D eigenvalue weighted by atomic mass is 9.83. The van der Waals surface area contributed by atoms with E-state index in [2.05, 4.69) is 19.2 Å². The zero-order chi connectivity index (χ0) is 12.8. The first-order valence-electron chi connectivity index (χ1n) is 8.51. The van der Waals surface area contributed by atoms with Crippen molar-refractivity contribution in [1.82, 2.24) is 5.32 Å². The van der Waals surface area contributed by atoms with Crippen molar-refractivity contribution < 1.29 is 0 Å². The summed E-state index contributed by atoms with van der Waals surface area (Å²) in [6, 6.07) is 0.834. The molecule has 2 aliphatic rings. The van der Waals surface area contributed by atoms with E-state index in [4.69, 9.17) is 0 Å². The second-order valence-electron chi connectivity index (χ2n) is 7.01. The van der Waals surface area contributed by atoms with Gasteiger partial charge in [-0.1, -0.05) is 46.0 Å². The molecule has 0 aromatic heterocycles. The minimum absolute atomic E-state index is 0.834. The Morgan fingerprint density at radius 2 is 1.56 bits per heavy atom. The summed E-state index contributed by atoms with van der Waals surface area (Å²) in [5, 5.41) is 3.89. The van der Waals surface area contributed by atoms with Gasteiger partial charge in [-0.2, -0.15) is 0 Å². The Labute approximate surface area is 114 Å². The molecule has 1 nitrogen and oxygen atoms in total. The van der Waals surface area contributed by atoms with Crippen molar-refractivity contribution in [2.75, 3.05) is 6.54 Å². The molecule has 0 bridgehead atoms. The van der Waals surface area contributed by atoms with E-state index in [1.54, 1.807) is 0 Å². The molecule has 0 aromatic rings. The predicted molar refractivity (Wildman–Crippen MR) is 79.8 cm³/mol. The third kappa shape index (κ3) is 4.57. The van der Waals surface area contributed by atoms with Gasteiger partial charge < -0.3 is 5.32 Å². The van der Waals surface area contributed by atoms with E-state index in [9.17, 15) is 0 Å². The van der Waals surface area contributed by atoms with Crippen molar-refractivity contribution in [3.63, 3.8) is 0 Å². The van der Waals surface area contributed by atoms with E-state index in [1.165, 1.54) is 70.8 Å². The molecule has 1 heteroatoms. The summed E-state index contributed by atoms with van der Waals surface area (Å²) in [4.78, 5) is 0. The van der Waals surface area contributed by atoms with E-state index >= 15 is 0 Å². The van der Waals surface area contributed by atoms with Crippen LogP contribution in [0, 0.1) is 17.8 Å². The molecule has 106 valence electrons. The third-order valence-electron chi connectivity index (χ3n) is 5.50. The normalized spacial score (nSPS) is 38.3. The van der Waals surface area contributed by atoms with Gasteiger partial charge in [-0.05, 0) is 56.4 Å². The first-order valence-corrected chi connectivity index (χ1v) is 8.51. The molecule has 18 heavy (non-hydrogen) atoms. The van der Waals surface area contributed by atoms with Crippen molar-refractivity contribution in [1.29, 1.82) is 0 Å². The smallest absolute Gasteiger partial charge is 0.00672 e. The van der Waals surface area contributed by atoms with Gasteiger partial charge in [-0.15, -0.1) is 0 Å². The summed E-state index contributed by atoms with van der Waals surface area (Å²) >= 11 is 0. The molecule has 2 unspecified atom stereocenters. The molecule has 2 atom stereocenters. The average Bonchev–Trinajstić information content (AvgIpc) is 2.63. The fourth-order valence-corrected chi connectivity index (χ4v) is 3.86. The molecular formula is C17H33N. The second-order valence-corrected chi connectivity index (χ2v) is 7.01. The van der Waals surface area contributed by atoms with Crippen LogP contribution in [0.3, 0.4) is 0 Å². The van der Waals surface area contributed by atoms with Crippen LogP contribution < -0.4 is 5.32 Å². The monoisotopic (exact) mass is 251 g/mol. The van der Waals surface area contributed by atoms with Crippen molar-refractivity contribution in [2.24, 2.45) is 17.8 Å². The fourth-order valence-electron chi connectivity index (χ4n) is 3.86. The van der Waals surface area contributed by atoms with Gasteiger partial charge >= 0.3 is 0 Å². The summed E-state index contributed by atoms with van der Waals surface area (Å²) in [6.07, 6.45) is 14.5. The number of nitrogens with one attached hydrogen (secondary N) is 1. The number of hydrogen-bond acceptors (Lipinski definition) is 1. The molecule has 2 saturated carbocycles. The molecule has 2 aliphatic carbocycles. The number of rotatable bonds is 4.